The van der Waals surface area contributed by atoms with Crippen LogP contribution in [-0.4, -0.2) is 20.1 Å². The SMILES string of the molecule is Cc1ccc(S(=O)(=O)OCC(O)c2ccccc2Cl)cc1. The quantitative estimate of drug-likeness (QED) is 0.858. The fourth-order valence-corrected chi connectivity index (χ4v) is 2.94. The van der Waals surface area contributed by atoms with E-state index >= 15 is 0 Å². The van der Waals surface area contributed by atoms with Crippen molar-refractivity contribution >= 4 is 21.7 Å². The van der Waals surface area contributed by atoms with Crippen LogP contribution in [0.2, 0.25) is 5.02 Å². The summed E-state index contributed by atoms with van der Waals surface area (Å²) in [4.78, 5) is 0.0551. The standard InChI is InChI=1S/C15H15ClO4S/c1-11-6-8-12(9-7-11)21(18,19)20-10-15(17)13-4-2-3-5-14(13)16/h2-9,15,17H,10H2,1H3. The van der Waals surface area contributed by atoms with E-state index in [4.69, 9.17) is 15.8 Å². The second kappa shape index (κ2) is 6.58. The summed E-state index contributed by atoms with van der Waals surface area (Å²) in [6.07, 6.45) is -1.11. The van der Waals surface area contributed by atoms with Gasteiger partial charge in [-0.3, -0.25) is 4.18 Å². The molecule has 0 bridgehead atoms. The molecule has 0 amide bonds. The molecule has 0 spiro atoms. The summed E-state index contributed by atoms with van der Waals surface area (Å²) in [5.74, 6) is 0. The van der Waals surface area contributed by atoms with Crippen molar-refractivity contribution in [3.8, 4) is 0 Å². The third-order valence-corrected chi connectivity index (χ3v) is 4.60. The van der Waals surface area contributed by atoms with Gasteiger partial charge in [-0.2, -0.15) is 8.42 Å². The normalized spacial score (nSPS) is 13.1. The number of aliphatic hydroxyl groups excluding tert-OH is 1. The average molecular weight is 327 g/mol. The number of benzene rings is 2. The molecular formula is C15H15ClO4S. The fourth-order valence-electron chi connectivity index (χ4n) is 1.76. The third-order valence-electron chi connectivity index (χ3n) is 2.95. The number of halogens is 1. The van der Waals surface area contributed by atoms with Crippen LogP contribution in [0.5, 0.6) is 0 Å². The molecule has 1 unspecified atom stereocenters. The van der Waals surface area contributed by atoms with E-state index in [0.29, 0.717) is 10.6 Å². The van der Waals surface area contributed by atoms with Crippen molar-refractivity contribution in [2.75, 3.05) is 6.61 Å². The molecule has 21 heavy (non-hydrogen) atoms. The highest BCUT2D eigenvalue weighted by Gasteiger charge is 2.19. The molecule has 0 aliphatic heterocycles. The Kier molecular flexibility index (Phi) is 5.00. The maximum Gasteiger partial charge on any atom is 0.297 e. The molecule has 0 saturated carbocycles. The lowest BCUT2D eigenvalue weighted by Crippen LogP contribution is -2.13. The minimum absolute atomic E-state index is 0.0551. The summed E-state index contributed by atoms with van der Waals surface area (Å²) in [5, 5.41) is 10.3. The van der Waals surface area contributed by atoms with Crippen LogP contribution in [0.3, 0.4) is 0 Å². The highest BCUT2D eigenvalue weighted by Crippen LogP contribution is 2.24. The molecule has 0 aliphatic rings. The minimum Gasteiger partial charge on any atom is -0.386 e. The number of aryl methyl sites for hydroxylation is 1. The zero-order valence-corrected chi connectivity index (χ0v) is 12.9. The molecule has 1 atom stereocenters. The van der Waals surface area contributed by atoms with Crippen LogP contribution in [0.15, 0.2) is 53.4 Å². The fraction of sp³-hybridized carbons (Fsp3) is 0.200. The van der Waals surface area contributed by atoms with Gasteiger partial charge in [-0.05, 0) is 25.1 Å². The van der Waals surface area contributed by atoms with Gasteiger partial charge in [0.25, 0.3) is 10.1 Å². The van der Waals surface area contributed by atoms with E-state index in [9.17, 15) is 13.5 Å². The molecule has 2 rings (SSSR count). The Morgan fingerprint density at radius 3 is 2.38 bits per heavy atom. The molecule has 112 valence electrons. The zero-order valence-electron chi connectivity index (χ0n) is 11.4. The first-order valence-corrected chi connectivity index (χ1v) is 8.07. The monoisotopic (exact) mass is 326 g/mol. The van der Waals surface area contributed by atoms with Crippen LogP contribution < -0.4 is 0 Å². The topological polar surface area (TPSA) is 63.6 Å². The van der Waals surface area contributed by atoms with Crippen LogP contribution in [0.1, 0.15) is 17.2 Å². The maximum absolute atomic E-state index is 12.0. The van der Waals surface area contributed by atoms with Crippen molar-refractivity contribution in [1.82, 2.24) is 0 Å². The summed E-state index contributed by atoms with van der Waals surface area (Å²) in [6, 6.07) is 13.0. The predicted octanol–water partition coefficient (Wildman–Crippen LogP) is 3.09. The van der Waals surface area contributed by atoms with Gasteiger partial charge in [-0.15, -0.1) is 0 Å². The molecule has 2 aromatic rings. The van der Waals surface area contributed by atoms with E-state index in [0.717, 1.165) is 5.56 Å². The van der Waals surface area contributed by atoms with Crippen molar-refractivity contribution < 1.29 is 17.7 Å². The Morgan fingerprint density at radius 2 is 1.76 bits per heavy atom. The van der Waals surface area contributed by atoms with Crippen molar-refractivity contribution in [2.45, 2.75) is 17.9 Å². The van der Waals surface area contributed by atoms with Gasteiger partial charge in [-0.1, -0.05) is 47.5 Å². The van der Waals surface area contributed by atoms with E-state index in [-0.39, 0.29) is 11.5 Å². The number of aliphatic hydroxyl groups is 1. The van der Waals surface area contributed by atoms with Gasteiger partial charge in [0, 0.05) is 10.6 Å². The Hall–Kier alpha value is -1.40. The molecule has 0 fully saturated rings. The zero-order chi connectivity index (χ0) is 15.5. The Labute approximate surface area is 129 Å². The van der Waals surface area contributed by atoms with E-state index < -0.39 is 16.2 Å². The summed E-state index contributed by atoms with van der Waals surface area (Å²) in [5.41, 5.74) is 1.38. The molecule has 0 saturated heterocycles. The molecule has 0 aromatic heterocycles. The number of rotatable bonds is 5. The smallest absolute Gasteiger partial charge is 0.297 e. The van der Waals surface area contributed by atoms with Crippen molar-refractivity contribution in [1.29, 1.82) is 0 Å². The highest BCUT2D eigenvalue weighted by molar-refractivity contribution is 7.86. The van der Waals surface area contributed by atoms with Gasteiger partial charge < -0.3 is 5.11 Å². The van der Waals surface area contributed by atoms with E-state index in [1.54, 1.807) is 36.4 Å². The van der Waals surface area contributed by atoms with Crippen LogP contribution in [0, 0.1) is 6.92 Å². The summed E-state index contributed by atoms with van der Waals surface area (Å²) < 4.78 is 28.9. The van der Waals surface area contributed by atoms with Gasteiger partial charge in [0.05, 0.1) is 11.5 Å². The molecule has 0 heterocycles. The van der Waals surface area contributed by atoms with E-state index in [1.165, 1.54) is 12.1 Å². The summed E-state index contributed by atoms with van der Waals surface area (Å²) in [7, 11) is -3.90. The van der Waals surface area contributed by atoms with Crippen molar-refractivity contribution in [2.24, 2.45) is 0 Å². The molecule has 0 radical (unpaired) electrons. The Balaban J connectivity index is 2.08. The van der Waals surface area contributed by atoms with E-state index in [2.05, 4.69) is 0 Å². The molecule has 0 aliphatic carbocycles. The molecule has 4 nitrogen and oxygen atoms in total. The summed E-state index contributed by atoms with van der Waals surface area (Å²) >= 11 is 5.94. The second-order valence-electron chi connectivity index (χ2n) is 4.59. The summed E-state index contributed by atoms with van der Waals surface area (Å²) in [6.45, 7) is 1.47. The molecule has 6 heteroatoms. The van der Waals surface area contributed by atoms with Crippen LogP contribution in [-0.2, 0) is 14.3 Å². The van der Waals surface area contributed by atoms with Gasteiger partial charge in [0.2, 0.25) is 0 Å². The predicted molar refractivity (Wildman–Crippen MR) is 80.7 cm³/mol. The molecule has 1 N–H and O–H groups in total. The van der Waals surface area contributed by atoms with Crippen LogP contribution in [0.4, 0.5) is 0 Å². The number of hydrogen-bond donors (Lipinski definition) is 1. The van der Waals surface area contributed by atoms with Crippen LogP contribution >= 0.6 is 11.6 Å². The van der Waals surface area contributed by atoms with Crippen LogP contribution in [0.25, 0.3) is 0 Å². The second-order valence-corrected chi connectivity index (χ2v) is 6.61. The minimum atomic E-state index is -3.90. The molecule has 2 aromatic carbocycles. The lowest BCUT2D eigenvalue weighted by Gasteiger charge is -2.13. The van der Waals surface area contributed by atoms with Gasteiger partial charge in [-0.25, -0.2) is 0 Å². The van der Waals surface area contributed by atoms with Crippen molar-refractivity contribution in [3.05, 3.63) is 64.7 Å². The largest absolute Gasteiger partial charge is 0.386 e. The highest BCUT2D eigenvalue weighted by atomic mass is 35.5. The maximum atomic E-state index is 12.0. The molecular weight excluding hydrogens is 312 g/mol. The average Bonchev–Trinajstić information content (AvgIpc) is 2.46. The first-order valence-electron chi connectivity index (χ1n) is 6.29. The number of hydrogen-bond acceptors (Lipinski definition) is 4. The lowest BCUT2D eigenvalue weighted by atomic mass is 10.1. The third kappa shape index (κ3) is 4.04. The van der Waals surface area contributed by atoms with Gasteiger partial charge >= 0.3 is 0 Å². The van der Waals surface area contributed by atoms with Gasteiger partial charge in [0.1, 0.15) is 6.10 Å². The Morgan fingerprint density at radius 1 is 1.14 bits per heavy atom. The van der Waals surface area contributed by atoms with Crippen molar-refractivity contribution in [3.63, 3.8) is 0 Å². The van der Waals surface area contributed by atoms with Gasteiger partial charge in [0.15, 0.2) is 0 Å². The lowest BCUT2D eigenvalue weighted by molar-refractivity contribution is 0.111. The first-order chi connectivity index (χ1) is 9.90. The first kappa shape index (κ1) is 16.0. The Bertz CT molecular complexity index is 711. The van der Waals surface area contributed by atoms with E-state index in [1.807, 2.05) is 6.92 Å².